The van der Waals surface area contributed by atoms with Gasteiger partial charge in [0.2, 0.25) is 0 Å². The van der Waals surface area contributed by atoms with Crippen molar-refractivity contribution in [1.82, 2.24) is 0 Å². The Bertz CT molecular complexity index is 690. The van der Waals surface area contributed by atoms with Crippen LogP contribution in [-0.4, -0.2) is 11.2 Å². The lowest BCUT2D eigenvalue weighted by Gasteiger charge is -2.08. The van der Waals surface area contributed by atoms with Crippen LogP contribution >= 0.6 is 27.5 Å². The smallest absolute Gasteiger partial charge is 0.273 e. The Morgan fingerprint density at radius 1 is 1.25 bits per heavy atom. The number of nitrogens with zero attached hydrogens (tertiary/aromatic N) is 1. The number of non-ortho nitro benzene ring substituents is 1. The van der Waals surface area contributed by atoms with Crippen molar-refractivity contribution in [3.8, 4) is 11.5 Å². The molecule has 0 aliphatic heterocycles. The molecule has 2 rings (SSSR count). The molecule has 0 N–H and O–H groups in total. The Kier molecular flexibility index (Phi) is 4.36. The minimum absolute atomic E-state index is 0.0844. The molecule has 0 aliphatic carbocycles. The fraction of sp³-hybridized carbons (Fsp3) is 0. The molecule has 0 saturated carbocycles. The molecular weight excluding hydrogens is 350 g/mol. The quantitative estimate of drug-likeness (QED) is 0.455. The second-order valence-corrected chi connectivity index (χ2v) is 5.04. The van der Waals surface area contributed by atoms with Gasteiger partial charge in [-0.15, -0.1) is 0 Å². The minimum atomic E-state index is -0.512. The van der Waals surface area contributed by atoms with Crippen LogP contribution in [0.3, 0.4) is 0 Å². The Balaban J connectivity index is 2.34. The van der Waals surface area contributed by atoms with E-state index in [2.05, 4.69) is 15.9 Å². The maximum absolute atomic E-state index is 10.7. The van der Waals surface area contributed by atoms with E-state index in [1.165, 1.54) is 30.3 Å². The third kappa shape index (κ3) is 3.15. The number of hydrogen-bond acceptors (Lipinski definition) is 4. The molecule has 0 unspecified atom stereocenters. The van der Waals surface area contributed by atoms with Crippen LogP contribution < -0.4 is 4.74 Å². The molecular formula is C13H7BrClNO4. The zero-order valence-electron chi connectivity index (χ0n) is 9.88. The van der Waals surface area contributed by atoms with Crippen molar-refractivity contribution in [2.45, 2.75) is 0 Å². The van der Waals surface area contributed by atoms with E-state index >= 15 is 0 Å². The number of carbonyl (C=O) groups is 1. The normalized spacial score (nSPS) is 10.1. The van der Waals surface area contributed by atoms with Crippen LogP contribution in [0.1, 0.15) is 10.4 Å². The standard InChI is InChI=1S/C13H7BrClNO4/c14-11-4-2-9(16(18)19)5-13(11)20-10-3-1-8(7-17)12(15)6-10/h1-7H. The van der Waals surface area contributed by atoms with E-state index in [0.717, 1.165) is 0 Å². The number of benzene rings is 2. The summed E-state index contributed by atoms with van der Waals surface area (Å²) in [6, 6.07) is 8.72. The molecule has 20 heavy (non-hydrogen) atoms. The number of nitro benzene ring substituents is 1. The first-order valence-corrected chi connectivity index (χ1v) is 6.55. The summed E-state index contributed by atoms with van der Waals surface area (Å²) in [5.74, 6) is 0.663. The van der Waals surface area contributed by atoms with Gasteiger partial charge in [-0.3, -0.25) is 14.9 Å². The highest BCUT2D eigenvalue weighted by atomic mass is 79.9. The number of ether oxygens (including phenoxy) is 1. The summed E-state index contributed by atoms with van der Waals surface area (Å²) >= 11 is 9.13. The molecule has 102 valence electrons. The molecule has 0 atom stereocenters. The van der Waals surface area contributed by atoms with E-state index in [1.54, 1.807) is 6.07 Å². The summed E-state index contributed by atoms with van der Waals surface area (Å²) in [6.45, 7) is 0. The van der Waals surface area contributed by atoms with E-state index in [4.69, 9.17) is 16.3 Å². The Labute approximate surface area is 127 Å². The Hall–Kier alpha value is -1.92. The molecule has 0 bridgehead atoms. The molecule has 2 aromatic rings. The second-order valence-electron chi connectivity index (χ2n) is 3.78. The first-order valence-electron chi connectivity index (χ1n) is 5.38. The fourth-order valence-electron chi connectivity index (χ4n) is 1.48. The third-order valence-electron chi connectivity index (χ3n) is 2.45. The van der Waals surface area contributed by atoms with Crippen molar-refractivity contribution in [2.75, 3.05) is 0 Å². The van der Waals surface area contributed by atoms with Crippen LogP contribution in [0.25, 0.3) is 0 Å². The molecule has 0 fully saturated rings. The van der Waals surface area contributed by atoms with E-state index in [0.29, 0.717) is 22.1 Å². The van der Waals surface area contributed by atoms with Crippen LogP contribution in [0, 0.1) is 10.1 Å². The first kappa shape index (κ1) is 14.5. The van der Waals surface area contributed by atoms with Crippen molar-refractivity contribution in [3.63, 3.8) is 0 Å². The molecule has 5 nitrogen and oxygen atoms in total. The molecule has 0 heterocycles. The van der Waals surface area contributed by atoms with Gasteiger partial charge in [-0.05, 0) is 34.1 Å². The molecule has 0 spiro atoms. The monoisotopic (exact) mass is 355 g/mol. The van der Waals surface area contributed by atoms with Gasteiger partial charge in [-0.2, -0.15) is 0 Å². The summed E-state index contributed by atoms with van der Waals surface area (Å²) in [7, 11) is 0. The van der Waals surface area contributed by atoms with Crippen molar-refractivity contribution in [1.29, 1.82) is 0 Å². The SMILES string of the molecule is O=Cc1ccc(Oc2cc([N+](=O)[O-])ccc2Br)cc1Cl. The number of hydrogen-bond donors (Lipinski definition) is 0. The van der Waals surface area contributed by atoms with Crippen molar-refractivity contribution in [3.05, 3.63) is 61.6 Å². The van der Waals surface area contributed by atoms with Crippen molar-refractivity contribution in [2.24, 2.45) is 0 Å². The number of nitro groups is 1. The highest BCUT2D eigenvalue weighted by molar-refractivity contribution is 9.10. The van der Waals surface area contributed by atoms with Crippen molar-refractivity contribution >= 4 is 39.5 Å². The zero-order valence-corrected chi connectivity index (χ0v) is 12.2. The summed E-state index contributed by atoms with van der Waals surface area (Å²) in [5, 5.41) is 11.0. The van der Waals surface area contributed by atoms with Crippen LogP contribution in [0.4, 0.5) is 5.69 Å². The molecule has 0 aromatic heterocycles. The molecule has 0 saturated heterocycles. The van der Waals surface area contributed by atoms with Crippen LogP contribution in [0.2, 0.25) is 5.02 Å². The van der Waals surface area contributed by atoms with Gasteiger partial charge >= 0.3 is 0 Å². The maximum atomic E-state index is 10.7. The lowest BCUT2D eigenvalue weighted by Crippen LogP contribution is -1.91. The van der Waals surface area contributed by atoms with E-state index in [-0.39, 0.29) is 16.5 Å². The fourth-order valence-corrected chi connectivity index (χ4v) is 2.02. The number of carbonyl (C=O) groups excluding carboxylic acids is 1. The number of rotatable bonds is 4. The van der Waals surface area contributed by atoms with Gasteiger partial charge in [0.05, 0.1) is 20.5 Å². The van der Waals surface area contributed by atoms with E-state index < -0.39 is 4.92 Å². The van der Waals surface area contributed by atoms with Gasteiger partial charge in [0.15, 0.2) is 6.29 Å². The highest BCUT2D eigenvalue weighted by Crippen LogP contribution is 2.34. The topological polar surface area (TPSA) is 69.4 Å². The van der Waals surface area contributed by atoms with Crippen LogP contribution in [-0.2, 0) is 0 Å². The van der Waals surface area contributed by atoms with Crippen LogP contribution in [0.5, 0.6) is 11.5 Å². The highest BCUT2D eigenvalue weighted by Gasteiger charge is 2.12. The first-order chi connectivity index (χ1) is 9.51. The van der Waals surface area contributed by atoms with Gasteiger partial charge in [-0.1, -0.05) is 11.6 Å². The van der Waals surface area contributed by atoms with Crippen molar-refractivity contribution < 1.29 is 14.5 Å². The van der Waals surface area contributed by atoms with Crippen LogP contribution in [0.15, 0.2) is 40.9 Å². The average Bonchev–Trinajstić information content (AvgIpc) is 2.41. The van der Waals surface area contributed by atoms with Gasteiger partial charge in [0.1, 0.15) is 11.5 Å². The largest absolute Gasteiger partial charge is 0.456 e. The minimum Gasteiger partial charge on any atom is -0.456 e. The maximum Gasteiger partial charge on any atom is 0.273 e. The molecule has 0 aliphatic rings. The summed E-state index contributed by atoms with van der Waals surface area (Å²) < 4.78 is 6.10. The van der Waals surface area contributed by atoms with E-state index in [9.17, 15) is 14.9 Å². The second kappa shape index (κ2) is 6.02. The Morgan fingerprint density at radius 2 is 2.00 bits per heavy atom. The average molecular weight is 357 g/mol. The summed E-state index contributed by atoms with van der Waals surface area (Å²) in [5.41, 5.74) is 0.260. The lowest BCUT2D eigenvalue weighted by atomic mass is 10.2. The summed E-state index contributed by atoms with van der Waals surface area (Å²) in [6.07, 6.45) is 0.634. The van der Waals surface area contributed by atoms with Gasteiger partial charge in [0, 0.05) is 17.7 Å². The predicted molar refractivity (Wildman–Crippen MR) is 77.7 cm³/mol. The third-order valence-corrected chi connectivity index (χ3v) is 3.43. The lowest BCUT2D eigenvalue weighted by molar-refractivity contribution is -0.384. The van der Waals surface area contributed by atoms with Gasteiger partial charge in [-0.25, -0.2) is 0 Å². The molecule has 0 amide bonds. The number of aldehydes is 1. The zero-order chi connectivity index (χ0) is 14.7. The molecule has 0 radical (unpaired) electrons. The summed E-state index contributed by atoms with van der Waals surface area (Å²) in [4.78, 5) is 20.9. The van der Waals surface area contributed by atoms with Gasteiger partial charge < -0.3 is 4.74 Å². The molecule has 7 heteroatoms. The Morgan fingerprint density at radius 3 is 2.60 bits per heavy atom. The number of halogens is 2. The predicted octanol–water partition coefficient (Wildman–Crippen LogP) is 4.62. The molecule has 2 aromatic carbocycles. The van der Waals surface area contributed by atoms with Gasteiger partial charge in [0.25, 0.3) is 5.69 Å². The van der Waals surface area contributed by atoms with E-state index in [1.807, 2.05) is 0 Å².